The number of nitrogens with one attached hydrogen (secondary N) is 2. The predicted molar refractivity (Wildman–Crippen MR) is 67.7 cm³/mol. The summed E-state index contributed by atoms with van der Waals surface area (Å²) in [4.78, 5) is 0. The summed E-state index contributed by atoms with van der Waals surface area (Å²) in [6.07, 6.45) is 0. The molecule has 1 rings (SSSR count). The highest BCUT2D eigenvalue weighted by Crippen LogP contribution is 2.18. The maximum Gasteiger partial charge on any atom is 0.141 e. The molecule has 0 amide bonds. The van der Waals surface area contributed by atoms with Crippen molar-refractivity contribution in [2.45, 2.75) is 26.3 Å². The van der Waals surface area contributed by atoms with Gasteiger partial charge in [0.15, 0.2) is 0 Å². The van der Waals surface area contributed by atoms with E-state index in [0.717, 1.165) is 18.8 Å². The zero-order valence-electron chi connectivity index (χ0n) is 9.90. The van der Waals surface area contributed by atoms with E-state index in [1.54, 1.807) is 12.1 Å². The number of benzene rings is 1. The monoisotopic (exact) mass is 244 g/mol. The Morgan fingerprint density at radius 1 is 1.25 bits per heavy atom. The van der Waals surface area contributed by atoms with Crippen LogP contribution in [-0.4, -0.2) is 18.6 Å². The standard InChI is InChI=1S/C12H18ClFN2/c1-12(2,3)16-7-6-15-9-4-5-11(14)10(13)8-9/h4-5,8,15-16H,6-7H2,1-3H3. The van der Waals surface area contributed by atoms with E-state index in [1.165, 1.54) is 6.07 Å². The van der Waals surface area contributed by atoms with Crippen molar-refractivity contribution in [3.05, 3.63) is 29.0 Å². The van der Waals surface area contributed by atoms with Crippen molar-refractivity contribution in [3.8, 4) is 0 Å². The quantitative estimate of drug-likeness (QED) is 0.795. The fourth-order valence-corrected chi connectivity index (χ4v) is 1.43. The number of rotatable bonds is 4. The van der Waals surface area contributed by atoms with Crippen LogP contribution in [0.1, 0.15) is 20.8 Å². The minimum absolute atomic E-state index is 0.113. The number of hydrogen-bond donors (Lipinski definition) is 2. The van der Waals surface area contributed by atoms with Gasteiger partial charge in [-0.2, -0.15) is 0 Å². The van der Waals surface area contributed by atoms with Gasteiger partial charge in [-0.15, -0.1) is 0 Å². The Labute approximate surface area is 101 Å². The average Bonchev–Trinajstić information content (AvgIpc) is 2.17. The highest BCUT2D eigenvalue weighted by atomic mass is 35.5. The van der Waals surface area contributed by atoms with Crippen LogP contribution in [0.15, 0.2) is 18.2 Å². The van der Waals surface area contributed by atoms with E-state index in [-0.39, 0.29) is 16.4 Å². The normalized spacial score (nSPS) is 11.6. The molecule has 16 heavy (non-hydrogen) atoms. The number of halogens is 2. The third-order valence-corrected chi connectivity index (χ3v) is 2.32. The van der Waals surface area contributed by atoms with Crippen LogP contribution in [0.4, 0.5) is 10.1 Å². The topological polar surface area (TPSA) is 24.1 Å². The molecular weight excluding hydrogens is 227 g/mol. The lowest BCUT2D eigenvalue weighted by atomic mass is 10.1. The molecule has 0 fully saturated rings. The summed E-state index contributed by atoms with van der Waals surface area (Å²) in [6.45, 7) is 7.96. The van der Waals surface area contributed by atoms with Crippen LogP contribution in [0.2, 0.25) is 5.02 Å². The second kappa shape index (κ2) is 5.51. The van der Waals surface area contributed by atoms with Crippen LogP contribution in [0.5, 0.6) is 0 Å². The number of hydrogen-bond acceptors (Lipinski definition) is 2. The zero-order valence-corrected chi connectivity index (χ0v) is 10.7. The molecule has 0 aromatic heterocycles. The van der Waals surface area contributed by atoms with Crippen LogP contribution in [-0.2, 0) is 0 Å². The third-order valence-electron chi connectivity index (χ3n) is 2.03. The minimum Gasteiger partial charge on any atom is -0.384 e. The lowest BCUT2D eigenvalue weighted by molar-refractivity contribution is 0.435. The van der Waals surface area contributed by atoms with E-state index >= 15 is 0 Å². The molecule has 0 bridgehead atoms. The molecule has 1 aromatic carbocycles. The van der Waals surface area contributed by atoms with Crippen molar-refractivity contribution in [2.24, 2.45) is 0 Å². The van der Waals surface area contributed by atoms with Crippen molar-refractivity contribution >= 4 is 17.3 Å². The first-order valence-electron chi connectivity index (χ1n) is 5.32. The van der Waals surface area contributed by atoms with Gasteiger partial charge in [0.1, 0.15) is 5.82 Å². The Hall–Kier alpha value is -0.800. The Morgan fingerprint density at radius 2 is 1.94 bits per heavy atom. The first-order valence-corrected chi connectivity index (χ1v) is 5.70. The Morgan fingerprint density at radius 3 is 2.50 bits per heavy atom. The predicted octanol–water partition coefficient (Wildman–Crippen LogP) is 3.28. The second-order valence-electron chi connectivity index (χ2n) is 4.73. The molecule has 0 saturated carbocycles. The van der Waals surface area contributed by atoms with Crippen molar-refractivity contribution in [1.29, 1.82) is 0 Å². The molecule has 2 N–H and O–H groups in total. The van der Waals surface area contributed by atoms with E-state index in [0.29, 0.717) is 0 Å². The van der Waals surface area contributed by atoms with Crippen molar-refractivity contribution in [2.75, 3.05) is 18.4 Å². The fourth-order valence-electron chi connectivity index (χ4n) is 1.25. The van der Waals surface area contributed by atoms with Gasteiger partial charge < -0.3 is 10.6 Å². The summed E-state index contributed by atoms with van der Waals surface area (Å²) in [7, 11) is 0. The minimum atomic E-state index is -0.389. The summed E-state index contributed by atoms with van der Waals surface area (Å²) >= 11 is 5.67. The third kappa shape index (κ3) is 4.81. The van der Waals surface area contributed by atoms with Gasteiger partial charge in [0.05, 0.1) is 5.02 Å². The van der Waals surface area contributed by atoms with E-state index in [2.05, 4.69) is 31.4 Å². The van der Waals surface area contributed by atoms with Gasteiger partial charge in [-0.25, -0.2) is 4.39 Å². The molecule has 0 atom stereocenters. The van der Waals surface area contributed by atoms with Crippen LogP contribution in [0.3, 0.4) is 0 Å². The van der Waals surface area contributed by atoms with E-state index in [4.69, 9.17) is 11.6 Å². The van der Waals surface area contributed by atoms with Gasteiger partial charge in [0, 0.05) is 24.3 Å². The summed E-state index contributed by atoms with van der Waals surface area (Å²) in [5.74, 6) is -0.389. The Balaban J connectivity index is 2.35. The molecule has 4 heteroatoms. The van der Waals surface area contributed by atoms with Gasteiger partial charge in [-0.05, 0) is 39.0 Å². The molecule has 90 valence electrons. The average molecular weight is 245 g/mol. The van der Waals surface area contributed by atoms with Crippen LogP contribution in [0.25, 0.3) is 0 Å². The molecule has 0 aliphatic carbocycles. The maximum absolute atomic E-state index is 12.9. The van der Waals surface area contributed by atoms with Gasteiger partial charge in [-0.1, -0.05) is 11.6 Å². The lowest BCUT2D eigenvalue weighted by Gasteiger charge is -2.20. The van der Waals surface area contributed by atoms with Gasteiger partial charge in [-0.3, -0.25) is 0 Å². The molecule has 0 spiro atoms. The van der Waals surface area contributed by atoms with E-state index in [1.807, 2.05) is 0 Å². The van der Waals surface area contributed by atoms with E-state index < -0.39 is 0 Å². The summed E-state index contributed by atoms with van der Waals surface area (Å²) in [5, 5.41) is 6.67. The van der Waals surface area contributed by atoms with E-state index in [9.17, 15) is 4.39 Å². The lowest BCUT2D eigenvalue weighted by Crippen LogP contribution is -2.38. The first-order chi connectivity index (χ1) is 7.38. The smallest absolute Gasteiger partial charge is 0.141 e. The highest BCUT2D eigenvalue weighted by Gasteiger charge is 2.07. The molecule has 0 aliphatic rings. The largest absolute Gasteiger partial charge is 0.384 e. The van der Waals surface area contributed by atoms with Gasteiger partial charge >= 0.3 is 0 Å². The second-order valence-corrected chi connectivity index (χ2v) is 5.14. The molecule has 0 heterocycles. The molecule has 1 aromatic rings. The van der Waals surface area contributed by atoms with Crippen molar-refractivity contribution in [3.63, 3.8) is 0 Å². The molecular formula is C12H18ClFN2. The first kappa shape index (κ1) is 13.3. The summed E-state index contributed by atoms with van der Waals surface area (Å²) in [6, 6.07) is 4.63. The zero-order chi connectivity index (χ0) is 12.2. The van der Waals surface area contributed by atoms with Gasteiger partial charge in [0.25, 0.3) is 0 Å². The summed E-state index contributed by atoms with van der Waals surface area (Å²) < 4.78 is 12.9. The van der Waals surface area contributed by atoms with Crippen LogP contribution >= 0.6 is 11.6 Å². The Bertz CT molecular complexity index is 347. The highest BCUT2D eigenvalue weighted by molar-refractivity contribution is 6.31. The molecule has 0 aliphatic heterocycles. The van der Waals surface area contributed by atoms with Crippen LogP contribution in [0, 0.1) is 5.82 Å². The molecule has 0 saturated heterocycles. The Kier molecular flexibility index (Phi) is 4.56. The maximum atomic E-state index is 12.9. The molecule has 0 unspecified atom stereocenters. The molecule has 2 nitrogen and oxygen atoms in total. The molecule has 0 radical (unpaired) electrons. The fraction of sp³-hybridized carbons (Fsp3) is 0.500. The van der Waals surface area contributed by atoms with Gasteiger partial charge in [0.2, 0.25) is 0 Å². The van der Waals surface area contributed by atoms with Crippen molar-refractivity contribution in [1.82, 2.24) is 5.32 Å². The van der Waals surface area contributed by atoms with Crippen LogP contribution < -0.4 is 10.6 Å². The number of anilines is 1. The van der Waals surface area contributed by atoms with Crippen molar-refractivity contribution < 1.29 is 4.39 Å². The summed E-state index contributed by atoms with van der Waals surface area (Å²) in [5.41, 5.74) is 0.949. The SMILES string of the molecule is CC(C)(C)NCCNc1ccc(F)c(Cl)c1.